The van der Waals surface area contributed by atoms with Crippen molar-refractivity contribution in [2.45, 2.75) is 0 Å². The van der Waals surface area contributed by atoms with Crippen molar-refractivity contribution >= 4 is 43.6 Å². The summed E-state index contributed by atoms with van der Waals surface area (Å²) in [4.78, 5) is 26.1. The molecule has 242 valence electrons. The fourth-order valence-electron chi connectivity index (χ4n) is 7.02. The number of benzene rings is 6. The first-order valence-electron chi connectivity index (χ1n) is 17.3. The molecule has 0 aliphatic rings. The van der Waals surface area contributed by atoms with E-state index in [1.165, 1.54) is 0 Å². The summed E-state index contributed by atoms with van der Waals surface area (Å²) < 4.78 is 0. The van der Waals surface area contributed by atoms with Crippen molar-refractivity contribution in [2.75, 3.05) is 0 Å². The van der Waals surface area contributed by atoms with Gasteiger partial charge in [0.1, 0.15) is 0 Å². The summed E-state index contributed by atoms with van der Waals surface area (Å²) in [5.74, 6) is 0.639. The Morgan fingerprint density at radius 3 is 1.46 bits per heavy atom. The molecule has 0 saturated heterocycles. The van der Waals surface area contributed by atoms with Crippen molar-refractivity contribution in [1.29, 1.82) is 0 Å². The van der Waals surface area contributed by atoms with Gasteiger partial charge in [0, 0.05) is 49.4 Å². The van der Waals surface area contributed by atoms with Gasteiger partial charge in [-0.25, -0.2) is 24.9 Å². The van der Waals surface area contributed by atoms with Crippen LogP contribution in [0.4, 0.5) is 0 Å². The Morgan fingerprint density at radius 2 is 0.827 bits per heavy atom. The van der Waals surface area contributed by atoms with Gasteiger partial charge >= 0.3 is 0 Å². The molecule has 5 heteroatoms. The summed E-state index contributed by atoms with van der Waals surface area (Å²) >= 11 is 0. The molecule has 0 aliphatic carbocycles. The van der Waals surface area contributed by atoms with Crippen LogP contribution in [0.2, 0.25) is 0 Å². The van der Waals surface area contributed by atoms with Crippen LogP contribution in [0.5, 0.6) is 0 Å². The Hall–Kier alpha value is -7.11. The topological polar surface area (TPSA) is 64.5 Å². The fraction of sp³-hybridized carbons (Fsp3) is 0. The third-order valence-electron chi connectivity index (χ3n) is 9.63. The highest BCUT2D eigenvalue weighted by Crippen LogP contribution is 2.37. The van der Waals surface area contributed by atoms with Crippen LogP contribution < -0.4 is 0 Å². The number of fused-ring (bicyclic) bond motifs is 6. The Balaban J connectivity index is 1.22. The molecule has 0 spiro atoms. The lowest BCUT2D eigenvalue weighted by molar-refractivity contribution is 1.18. The average molecular weight is 664 g/mol. The van der Waals surface area contributed by atoms with E-state index < -0.39 is 0 Å². The predicted molar refractivity (Wildman–Crippen MR) is 213 cm³/mol. The highest BCUT2D eigenvalue weighted by Gasteiger charge is 2.17. The van der Waals surface area contributed by atoms with E-state index in [0.29, 0.717) is 5.82 Å². The van der Waals surface area contributed by atoms with Gasteiger partial charge in [-0.2, -0.15) is 0 Å². The zero-order valence-electron chi connectivity index (χ0n) is 28.0. The Labute approximate surface area is 300 Å². The van der Waals surface area contributed by atoms with Crippen LogP contribution in [-0.2, 0) is 0 Å². The molecule has 0 unspecified atom stereocenters. The monoisotopic (exact) mass is 663 g/mol. The van der Waals surface area contributed by atoms with Crippen LogP contribution in [-0.4, -0.2) is 24.9 Å². The van der Waals surface area contributed by atoms with Crippen LogP contribution in [0.15, 0.2) is 176 Å². The quantitative estimate of drug-likeness (QED) is 0.135. The van der Waals surface area contributed by atoms with Gasteiger partial charge in [-0.15, -0.1) is 0 Å². The number of nitrogens with zero attached hydrogens (tertiary/aromatic N) is 5. The molecule has 6 aromatic carbocycles. The maximum atomic E-state index is 5.43. The molecule has 0 atom stereocenters. The van der Waals surface area contributed by atoms with Crippen molar-refractivity contribution in [3.8, 4) is 56.4 Å². The normalized spacial score (nSPS) is 11.5. The number of pyridine rings is 3. The van der Waals surface area contributed by atoms with Gasteiger partial charge in [0.15, 0.2) is 5.82 Å². The summed E-state index contributed by atoms with van der Waals surface area (Å²) in [5.41, 5.74) is 12.0. The summed E-state index contributed by atoms with van der Waals surface area (Å²) in [6.07, 6.45) is 0. The van der Waals surface area contributed by atoms with E-state index in [0.717, 1.165) is 94.2 Å². The van der Waals surface area contributed by atoms with Gasteiger partial charge in [-0.1, -0.05) is 146 Å². The van der Waals surface area contributed by atoms with Crippen LogP contribution in [0, 0.1) is 0 Å². The maximum Gasteiger partial charge on any atom is 0.160 e. The van der Waals surface area contributed by atoms with E-state index in [1.54, 1.807) is 0 Å². The molecule has 0 fully saturated rings. The van der Waals surface area contributed by atoms with E-state index in [9.17, 15) is 0 Å². The van der Waals surface area contributed by atoms with Gasteiger partial charge in [0.05, 0.1) is 44.8 Å². The summed E-state index contributed by atoms with van der Waals surface area (Å²) in [5, 5.41) is 4.02. The van der Waals surface area contributed by atoms with E-state index in [2.05, 4.69) is 115 Å². The molecular formula is C47H29N5. The summed E-state index contributed by atoms with van der Waals surface area (Å²) in [7, 11) is 0. The van der Waals surface area contributed by atoms with Crippen molar-refractivity contribution in [3.63, 3.8) is 0 Å². The smallest absolute Gasteiger partial charge is 0.160 e. The first kappa shape index (κ1) is 29.8. The molecule has 4 heterocycles. The van der Waals surface area contributed by atoms with E-state index in [-0.39, 0.29) is 0 Å². The summed E-state index contributed by atoms with van der Waals surface area (Å²) in [6, 6.07) is 60.2. The van der Waals surface area contributed by atoms with Crippen molar-refractivity contribution < 1.29 is 0 Å². The second kappa shape index (κ2) is 12.3. The SMILES string of the molecule is c1ccc(-c2cc(-c3ccccc3)nc(-c3ccc4c(c3)nc(-c3ccccc3)c3cc5ccc6ccc(-c7ccccc7)nc6c5nc34)n2)cc1. The Bertz CT molecular complexity index is 2870. The molecule has 10 rings (SSSR count). The zero-order valence-corrected chi connectivity index (χ0v) is 28.0. The van der Waals surface area contributed by atoms with E-state index in [1.807, 2.05) is 60.7 Å². The van der Waals surface area contributed by atoms with E-state index in [4.69, 9.17) is 24.9 Å². The van der Waals surface area contributed by atoms with Crippen LogP contribution >= 0.6 is 0 Å². The number of rotatable bonds is 5. The highest BCUT2D eigenvalue weighted by atomic mass is 14.9. The van der Waals surface area contributed by atoms with Crippen LogP contribution in [0.25, 0.3) is 100 Å². The standard InChI is InChI=1S/C47H29N5/c1-5-13-30(14-6-1)39-26-24-34-21-22-35-27-38-43(33-19-11-4-12-20-33)49-42-28-36(23-25-37(42)46(38)52-45(35)44(34)48-39)47-50-40(31-15-7-2-8-16-31)29-41(51-47)32-17-9-3-10-18-32/h1-29H. The van der Waals surface area contributed by atoms with Gasteiger partial charge in [-0.05, 0) is 30.3 Å². The third-order valence-corrected chi connectivity index (χ3v) is 9.63. The van der Waals surface area contributed by atoms with Crippen LogP contribution in [0.3, 0.4) is 0 Å². The molecule has 0 N–H and O–H groups in total. The lowest BCUT2D eigenvalue weighted by atomic mass is 9.99. The minimum Gasteiger partial charge on any atom is -0.247 e. The summed E-state index contributed by atoms with van der Waals surface area (Å²) in [6.45, 7) is 0. The molecule has 0 radical (unpaired) electrons. The first-order chi connectivity index (χ1) is 25.7. The molecule has 0 amide bonds. The molecular weight excluding hydrogens is 635 g/mol. The maximum absolute atomic E-state index is 5.43. The van der Waals surface area contributed by atoms with Gasteiger partial charge in [-0.3, -0.25) is 0 Å². The van der Waals surface area contributed by atoms with Gasteiger partial charge in [0.2, 0.25) is 0 Å². The number of hydrogen-bond acceptors (Lipinski definition) is 5. The van der Waals surface area contributed by atoms with Crippen molar-refractivity contribution in [2.24, 2.45) is 0 Å². The van der Waals surface area contributed by atoms with Crippen molar-refractivity contribution in [1.82, 2.24) is 24.9 Å². The molecule has 4 aromatic heterocycles. The van der Waals surface area contributed by atoms with Crippen LogP contribution in [0.1, 0.15) is 0 Å². The molecule has 52 heavy (non-hydrogen) atoms. The highest BCUT2D eigenvalue weighted by molar-refractivity contribution is 6.15. The minimum atomic E-state index is 0.639. The number of hydrogen-bond donors (Lipinski definition) is 0. The lowest BCUT2D eigenvalue weighted by Gasteiger charge is -2.13. The van der Waals surface area contributed by atoms with E-state index >= 15 is 0 Å². The fourth-order valence-corrected chi connectivity index (χ4v) is 7.02. The first-order valence-corrected chi connectivity index (χ1v) is 17.3. The predicted octanol–water partition coefficient (Wildman–Crippen LogP) is 11.6. The third kappa shape index (κ3) is 5.24. The zero-order chi connectivity index (χ0) is 34.4. The molecule has 10 aromatic rings. The lowest BCUT2D eigenvalue weighted by Crippen LogP contribution is -1.97. The molecule has 5 nitrogen and oxygen atoms in total. The van der Waals surface area contributed by atoms with Gasteiger partial charge in [0.25, 0.3) is 0 Å². The Kier molecular flexibility index (Phi) is 7.07. The van der Waals surface area contributed by atoms with Gasteiger partial charge < -0.3 is 0 Å². The minimum absolute atomic E-state index is 0.639. The molecule has 0 saturated carbocycles. The average Bonchev–Trinajstić information content (AvgIpc) is 3.23. The second-order valence-electron chi connectivity index (χ2n) is 12.9. The Morgan fingerprint density at radius 1 is 0.288 bits per heavy atom. The van der Waals surface area contributed by atoms with Crippen molar-refractivity contribution in [3.05, 3.63) is 176 Å². The largest absolute Gasteiger partial charge is 0.247 e. The molecule has 0 aliphatic heterocycles. The molecule has 0 bridgehead atoms. The second-order valence-corrected chi connectivity index (χ2v) is 12.9. The number of aromatic nitrogens is 5.